The molecule has 0 spiro atoms. The van der Waals surface area contributed by atoms with Crippen molar-refractivity contribution in [3.63, 3.8) is 0 Å². The third kappa shape index (κ3) is 3.06. The van der Waals surface area contributed by atoms with Gasteiger partial charge in [-0.2, -0.15) is 0 Å². The van der Waals surface area contributed by atoms with Crippen LogP contribution in [0.5, 0.6) is 0 Å². The fourth-order valence-corrected chi connectivity index (χ4v) is 2.26. The number of anilines is 1. The summed E-state index contributed by atoms with van der Waals surface area (Å²) in [6.07, 6.45) is 3.54. The number of morpholine rings is 1. The van der Waals surface area contributed by atoms with E-state index >= 15 is 0 Å². The second-order valence-electron chi connectivity index (χ2n) is 5.25. The van der Waals surface area contributed by atoms with Gasteiger partial charge in [-0.1, -0.05) is 0 Å². The average Bonchev–Trinajstić information content (AvgIpc) is 2.95. The van der Waals surface area contributed by atoms with Crippen LogP contribution in [0.1, 0.15) is 0 Å². The van der Waals surface area contributed by atoms with Crippen molar-refractivity contribution in [2.75, 3.05) is 32.1 Å². The van der Waals surface area contributed by atoms with Gasteiger partial charge in [0.15, 0.2) is 5.82 Å². The van der Waals surface area contributed by atoms with E-state index in [1.807, 2.05) is 29.9 Å². The van der Waals surface area contributed by atoms with Crippen LogP contribution in [0.25, 0.3) is 11.5 Å². The van der Waals surface area contributed by atoms with Crippen molar-refractivity contribution in [2.24, 2.45) is 7.05 Å². The Morgan fingerprint density at radius 2 is 2.23 bits per heavy atom. The number of aryl methyl sites for hydroxylation is 1. The molecule has 1 amide bonds. The second kappa shape index (κ2) is 6.10. The van der Waals surface area contributed by atoms with Gasteiger partial charge in [0, 0.05) is 39.6 Å². The molecular formula is C14H18N6O2. The summed E-state index contributed by atoms with van der Waals surface area (Å²) >= 11 is 0. The Hall–Kier alpha value is -2.48. The molecule has 8 heteroatoms. The molecule has 1 atom stereocenters. The van der Waals surface area contributed by atoms with Crippen molar-refractivity contribution in [3.05, 3.63) is 24.5 Å². The minimum absolute atomic E-state index is 0.00969. The molecule has 1 fully saturated rings. The highest BCUT2D eigenvalue weighted by Gasteiger charge is 2.23. The quantitative estimate of drug-likeness (QED) is 0.865. The van der Waals surface area contributed by atoms with Crippen molar-refractivity contribution in [1.29, 1.82) is 0 Å². The smallest absolute Gasteiger partial charge is 0.248 e. The van der Waals surface area contributed by atoms with E-state index in [1.165, 1.54) is 0 Å². The van der Waals surface area contributed by atoms with Gasteiger partial charge in [0.1, 0.15) is 18.1 Å². The fraction of sp³-hybridized carbons (Fsp3) is 0.429. The standard InChI is InChI=1S/C14H18N6O2/c1-19-6-5-15-14(19)11-3-4-12(18-17-11)16-7-10-8-20(2)13(21)9-22-10/h3-6,10H,7-9H2,1-2H3,(H,16,18). The predicted molar refractivity (Wildman–Crippen MR) is 80.1 cm³/mol. The Balaban J connectivity index is 1.58. The minimum Gasteiger partial charge on any atom is -0.366 e. The third-order valence-corrected chi connectivity index (χ3v) is 3.57. The van der Waals surface area contributed by atoms with Gasteiger partial charge in [0.05, 0.1) is 6.10 Å². The largest absolute Gasteiger partial charge is 0.366 e. The monoisotopic (exact) mass is 302 g/mol. The molecule has 1 N–H and O–H groups in total. The highest BCUT2D eigenvalue weighted by Crippen LogP contribution is 2.14. The maximum atomic E-state index is 11.3. The lowest BCUT2D eigenvalue weighted by molar-refractivity contribution is -0.145. The molecule has 8 nitrogen and oxygen atoms in total. The number of hydrogen-bond acceptors (Lipinski definition) is 6. The Kier molecular flexibility index (Phi) is 4.01. The van der Waals surface area contributed by atoms with Gasteiger partial charge in [-0.15, -0.1) is 10.2 Å². The molecule has 0 saturated carbocycles. The van der Waals surface area contributed by atoms with E-state index in [-0.39, 0.29) is 18.6 Å². The first-order valence-corrected chi connectivity index (χ1v) is 7.04. The number of nitrogens with one attached hydrogen (secondary N) is 1. The topological polar surface area (TPSA) is 85.2 Å². The highest BCUT2D eigenvalue weighted by atomic mass is 16.5. The van der Waals surface area contributed by atoms with Crippen molar-refractivity contribution >= 4 is 11.7 Å². The van der Waals surface area contributed by atoms with Crippen LogP contribution in [0, 0.1) is 0 Å². The molecule has 22 heavy (non-hydrogen) atoms. The van der Waals surface area contributed by atoms with E-state index in [9.17, 15) is 4.79 Å². The zero-order valence-electron chi connectivity index (χ0n) is 12.6. The van der Waals surface area contributed by atoms with Crippen LogP contribution in [0.4, 0.5) is 5.82 Å². The first kappa shape index (κ1) is 14.5. The van der Waals surface area contributed by atoms with E-state index in [0.29, 0.717) is 18.9 Å². The number of carbonyl (C=O) groups is 1. The van der Waals surface area contributed by atoms with Gasteiger partial charge in [-0.3, -0.25) is 4.79 Å². The zero-order chi connectivity index (χ0) is 15.5. The van der Waals surface area contributed by atoms with Crippen LogP contribution >= 0.6 is 0 Å². The number of likely N-dealkylation sites (N-methyl/N-ethyl adjacent to an activating group) is 1. The number of imidazole rings is 1. The van der Waals surface area contributed by atoms with E-state index in [4.69, 9.17) is 4.74 Å². The zero-order valence-corrected chi connectivity index (χ0v) is 12.6. The van der Waals surface area contributed by atoms with Crippen LogP contribution in [-0.4, -0.2) is 63.4 Å². The van der Waals surface area contributed by atoms with Gasteiger partial charge < -0.3 is 19.5 Å². The Morgan fingerprint density at radius 3 is 2.86 bits per heavy atom. The summed E-state index contributed by atoms with van der Waals surface area (Å²) in [6.45, 7) is 1.28. The van der Waals surface area contributed by atoms with Gasteiger partial charge in [-0.05, 0) is 12.1 Å². The summed E-state index contributed by atoms with van der Waals surface area (Å²) in [4.78, 5) is 17.2. The van der Waals surface area contributed by atoms with E-state index in [2.05, 4.69) is 20.5 Å². The SMILES string of the molecule is CN1CC(CNc2ccc(-c3nccn3C)nn2)OCC1=O. The Bertz CT molecular complexity index is 654. The molecule has 0 bridgehead atoms. The van der Waals surface area contributed by atoms with Crippen LogP contribution in [0.15, 0.2) is 24.5 Å². The van der Waals surface area contributed by atoms with E-state index < -0.39 is 0 Å². The summed E-state index contributed by atoms with van der Waals surface area (Å²) < 4.78 is 7.35. The van der Waals surface area contributed by atoms with Crippen LogP contribution < -0.4 is 5.32 Å². The third-order valence-electron chi connectivity index (χ3n) is 3.57. The number of amides is 1. The first-order valence-electron chi connectivity index (χ1n) is 7.04. The summed E-state index contributed by atoms with van der Waals surface area (Å²) in [5.74, 6) is 1.45. The number of carbonyl (C=O) groups excluding carboxylic acids is 1. The molecule has 116 valence electrons. The Labute approximate surface area is 128 Å². The van der Waals surface area contributed by atoms with E-state index in [1.54, 1.807) is 18.1 Å². The molecular weight excluding hydrogens is 284 g/mol. The van der Waals surface area contributed by atoms with Gasteiger partial charge in [0.25, 0.3) is 0 Å². The maximum absolute atomic E-state index is 11.3. The summed E-state index contributed by atoms with van der Waals surface area (Å²) in [7, 11) is 3.69. The van der Waals surface area contributed by atoms with Crippen molar-refractivity contribution in [2.45, 2.75) is 6.10 Å². The normalized spacial score (nSPS) is 18.5. The van der Waals surface area contributed by atoms with E-state index in [0.717, 1.165) is 11.5 Å². The number of hydrogen-bond donors (Lipinski definition) is 1. The first-order chi connectivity index (χ1) is 10.6. The molecule has 1 saturated heterocycles. The number of rotatable bonds is 4. The number of aromatic nitrogens is 4. The lowest BCUT2D eigenvalue weighted by atomic mass is 10.2. The predicted octanol–water partition coefficient (Wildman–Crippen LogP) is 0.146. The van der Waals surface area contributed by atoms with Crippen molar-refractivity contribution < 1.29 is 9.53 Å². The molecule has 1 aliphatic rings. The molecule has 0 aliphatic carbocycles. The summed E-state index contributed by atoms with van der Waals surface area (Å²) in [5.41, 5.74) is 0.720. The fourth-order valence-electron chi connectivity index (χ4n) is 2.26. The summed E-state index contributed by atoms with van der Waals surface area (Å²) in [6, 6.07) is 3.73. The van der Waals surface area contributed by atoms with Gasteiger partial charge >= 0.3 is 0 Å². The molecule has 1 unspecified atom stereocenters. The number of nitrogens with zero attached hydrogens (tertiary/aromatic N) is 5. The Morgan fingerprint density at radius 1 is 1.36 bits per heavy atom. The second-order valence-corrected chi connectivity index (χ2v) is 5.25. The minimum atomic E-state index is -0.0429. The van der Waals surface area contributed by atoms with Crippen LogP contribution in [0.2, 0.25) is 0 Å². The molecule has 3 rings (SSSR count). The molecule has 0 aromatic carbocycles. The van der Waals surface area contributed by atoms with Crippen LogP contribution in [-0.2, 0) is 16.6 Å². The average molecular weight is 302 g/mol. The molecule has 1 aliphatic heterocycles. The van der Waals surface area contributed by atoms with Crippen molar-refractivity contribution in [3.8, 4) is 11.5 Å². The van der Waals surface area contributed by atoms with Gasteiger partial charge in [0.2, 0.25) is 5.91 Å². The lowest BCUT2D eigenvalue weighted by Gasteiger charge is -2.29. The molecule has 3 heterocycles. The summed E-state index contributed by atoms with van der Waals surface area (Å²) in [5, 5.41) is 11.5. The molecule has 2 aromatic heterocycles. The number of ether oxygens (including phenoxy) is 1. The van der Waals surface area contributed by atoms with Crippen molar-refractivity contribution in [1.82, 2.24) is 24.6 Å². The lowest BCUT2D eigenvalue weighted by Crippen LogP contribution is -2.46. The maximum Gasteiger partial charge on any atom is 0.248 e. The van der Waals surface area contributed by atoms with Gasteiger partial charge in [-0.25, -0.2) is 4.98 Å². The molecule has 0 radical (unpaired) electrons. The van der Waals surface area contributed by atoms with Crippen LogP contribution in [0.3, 0.4) is 0 Å². The molecule has 2 aromatic rings. The highest BCUT2D eigenvalue weighted by molar-refractivity contribution is 5.77.